The number of carbonyl (C=O) groups excluding carboxylic acids is 5. The summed E-state index contributed by atoms with van der Waals surface area (Å²) in [7, 11) is 1.91. The Labute approximate surface area is 250 Å². The Morgan fingerprint density at radius 1 is 0.927 bits per heavy atom. The highest BCUT2D eigenvalue weighted by molar-refractivity contribution is 6.38. The van der Waals surface area contributed by atoms with Crippen molar-refractivity contribution in [3.63, 3.8) is 0 Å². The maximum absolute atomic E-state index is 12.4. The van der Waals surface area contributed by atoms with E-state index in [4.69, 9.17) is 0 Å². The molecule has 1 aliphatic heterocycles. The van der Waals surface area contributed by atoms with Crippen LogP contribution in [0.4, 0.5) is 0 Å². The third-order valence-electron chi connectivity index (χ3n) is 6.76. The minimum absolute atomic E-state index is 0.142. The first-order valence-corrected chi connectivity index (χ1v) is 16.0. The monoisotopic (exact) mass is 582 g/mol. The van der Waals surface area contributed by atoms with E-state index < -0.39 is 17.7 Å². The normalized spacial score (nSPS) is 18.3. The molecule has 1 aliphatic carbocycles. The molecular formula is C32H62N4O5. The molecule has 1 heterocycles. The first-order valence-electron chi connectivity index (χ1n) is 16.0. The van der Waals surface area contributed by atoms with Crippen molar-refractivity contribution < 1.29 is 24.0 Å². The number of unbranched alkanes of at least 4 members (excludes halogenated alkanes) is 1. The highest BCUT2D eigenvalue weighted by atomic mass is 16.2. The van der Waals surface area contributed by atoms with Gasteiger partial charge in [-0.25, -0.2) is 0 Å². The molecule has 3 atom stereocenters. The summed E-state index contributed by atoms with van der Waals surface area (Å²) in [5.41, 5.74) is 0. The van der Waals surface area contributed by atoms with E-state index in [1.807, 2.05) is 46.6 Å². The van der Waals surface area contributed by atoms with Gasteiger partial charge in [0.15, 0.2) is 0 Å². The zero-order valence-electron chi connectivity index (χ0n) is 27.6. The summed E-state index contributed by atoms with van der Waals surface area (Å²) in [6.07, 6.45) is 11.3. The molecule has 9 nitrogen and oxygen atoms in total. The number of Topliss-reactive ketones (excluding diaryl/α,β-unsaturated/α-hetero) is 1. The molecule has 3 amide bonds. The molecule has 1 saturated heterocycles. The number of aldehydes is 1. The van der Waals surface area contributed by atoms with Gasteiger partial charge in [-0.05, 0) is 63.5 Å². The van der Waals surface area contributed by atoms with E-state index in [2.05, 4.69) is 36.7 Å². The molecule has 0 aromatic rings. The molecule has 2 rings (SSSR count). The molecule has 2 fully saturated rings. The fraction of sp³-hybridized carbons (Fsp3) is 0.844. The summed E-state index contributed by atoms with van der Waals surface area (Å²) in [6.45, 7) is 17.8. The topological polar surface area (TPSA) is 125 Å². The third-order valence-corrected chi connectivity index (χ3v) is 6.76. The number of likely N-dealkylation sites (tertiary alicyclic amines) is 1. The average molecular weight is 583 g/mol. The SMILES string of the molecule is CC.CC(C)C.CCCCC(NC(=O)C1CCCN1C)C(=O)C(=O)NCC(C)C.O=CNC(C=O)C1CCCCC1. The summed E-state index contributed by atoms with van der Waals surface area (Å²) in [6, 6.07) is -1.16. The van der Waals surface area contributed by atoms with Crippen LogP contribution in [0.5, 0.6) is 0 Å². The standard InChI is InChI=1S/C17H31N3O3.C9H15NO2.C4H10.C2H6/c1-5-6-8-13(15(21)17(23)18-11-12(2)3)19-16(22)14-9-7-10-20(14)4;11-6-9(10-7-12)8-4-2-1-3-5-8;1-4(2)3;1-2/h12-14H,5-11H2,1-4H3,(H,18,23)(H,19,22);6-9H,1-5H2,(H,10,12);4H,1-3H3;1-2H3. The van der Waals surface area contributed by atoms with E-state index >= 15 is 0 Å². The van der Waals surface area contributed by atoms with Crippen LogP contribution in [0.2, 0.25) is 0 Å². The molecule has 0 spiro atoms. The van der Waals surface area contributed by atoms with Crippen LogP contribution < -0.4 is 16.0 Å². The van der Waals surface area contributed by atoms with Gasteiger partial charge in [-0.3, -0.25) is 24.1 Å². The minimum atomic E-state index is -0.719. The van der Waals surface area contributed by atoms with Gasteiger partial charge in [0.2, 0.25) is 18.1 Å². The van der Waals surface area contributed by atoms with Gasteiger partial charge in [0.1, 0.15) is 6.29 Å². The Bertz CT molecular complexity index is 720. The van der Waals surface area contributed by atoms with Crippen LogP contribution in [-0.4, -0.2) is 73.5 Å². The summed E-state index contributed by atoms with van der Waals surface area (Å²) < 4.78 is 0. The summed E-state index contributed by atoms with van der Waals surface area (Å²) in [5.74, 6) is 0.216. The minimum Gasteiger partial charge on any atom is -0.349 e. The number of nitrogens with one attached hydrogen (secondary N) is 3. The zero-order valence-corrected chi connectivity index (χ0v) is 27.6. The summed E-state index contributed by atoms with van der Waals surface area (Å²) in [5, 5.41) is 8.00. The number of hydrogen-bond donors (Lipinski definition) is 3. The predicted molar refractivity (Wildman–Crippen MR) is 167 cm³/mol. The van der Waals surface area contributed by atoms with Crippen LogP contribution in [0, 0.1) is 17.8 Å². The van der Waals surface area contributed by atoms with Crippen molar-refractivity contribution in [3.8, 4) is 0 Å². The number of hydrogen-bond acceptors (Lipinski definition) is 6. The Kier molecular flexibility index (Phi) is 25.3. The number of amides is 3. The Balaban J connectivity index is 0. The molecule has 41 heavy (non-hydrogen) atoms. The number of rotatable bonds is 13. The highest BCUT2D eigenvalue weighted by Gasteiger charge is 2.32. The molecule has 3 unspecified atom stereocenters. The second-order valence-electron chi connectivity index (χ2n) is 11.9. The van der Waals surface area contributed by atoms with Crippen LogP contribution in [0.25, 0.3) is 0 Å². The first kappa shape index (κ1) is 40.8. The highest BCUT2D eigenvalue weighted by Crippen LogP contribution is 2.25. The van der Waals surface area contributed by atoms with E-state index in [0.717, 1.165) is 57.3 Å². The van der Waals surface area contributed by atoms with Gasteiger partial charge in [0.25, 0.3) is 5.91 Å². The Morgan fingerprint density at radius 2 is 1.51 bits per heavy atom. The van der Waals surface area contributed by atoms with Crippen molar-refractivity contribution in [3.05, 3.63) is 0 Å². The van der Waals surface area contributed by atoms with Crippen LogP contribution >= 0.6 is 0 Å². The lowest BCUT2D eigenvalue weighted by Crippen LogP contribution is -2.52. The Hall–Kier alpha value is -2.29. The van der Waals surface area contributed by atoms with Crippen molar-refractivity contribution in [1.82, 2.24) is 20.9 Å². The fourth-order valence-corrected chi connectivity index (χ4v) is 4.59. The molecule has 2 aliphatic rings. The molecule has 240 valence electrons. The number of likely N-dealkylation sites (N-methyl/N-ethyl adjacent to an activating group) is 1. The van der Waals surface area contributed by atoms with Crippen LogP contribution in [0.15, 0.2) is 0 Å². The number of nitrogens with zero attached hydrogens (tertiary/aromatic N) is 1. The van der Waals surface area contributed by atoms with Gasteiger partial charge in [0, 0.05) is 6.54 Å². The quantitative estimate of drug-likeness (QED) is 0.214. The van der Waals surface area contributed by atoms with E-state index in [1.54, 1.807) is 0 Å². The van der Waals surface area contributed by atoms with Gasteiger partial charge in [-0.1, -0.05) is 87.5 Å². The maximum atomic E-state index is 12.4. The van der Waals surface area contributed by atoms with Crippen molar-refractivity contribution in [2.75, 3.05) is 20.1 Å². The molecule has 1 saturated carbocycles. The average Bonchev–Trinajstić information content (AvgIpc) is 3.39. The maximum Gasteiger partial charge on any atom is 0.289 e. The van der Waals surface area contributed by atoms with Crippen molar-refractivity contribution in [2.24, 2.45) is 17.8 Å². The van der Waals surface area contributed by atoms with Gasteiger partial charge in [-0.15, -0.1) is 0 Å². The predicted octanol–water partition coefficient (Wildman–Crippen LogP) is 4.67. The van der Waals surface area contributed by atoms with E-state index in [-0.39, 0.29) is 23.9 Å². The molecule has 3 N–H and O–H groups in total. The largest absolute Gasteiger partial charge is 0.349 e. The van der Waals surface area contributed by atoms with E-state index in [0.29, 0.717) is 25.3 Å². The van der Waals surface area contributed by atoms with Gasteiger partial charge in [-0.2, -0.15) is 0 Å². The fourth-order valence-electron chi connectivity index (χ4n) is 4.59. The summed E-state index contributed by atoms with van der Waals surface area (Å²) >= 11 is 0. The molecule has 9 heteroatoms. The van der Waals surface area contributed by atoms with E-state index in [9.17, 15) is 24.0 Å². The lowest BCUT2D eigenvalue weighted by molar-refractivity contribution is -0.140. The third kappa shape index (κ3) is 19.5. The number of ketones is 1. The van der Waals surface area contributed by atoms with E-state index in [1.165, 1.54) is 19.3 Å². The number of carbonyl (C=O) groups is 5. The second kappa shape index (κ2) is 25.4. The van der Waals surface area contributed by atoms with Gasteiger partial charge in [0.05, 0.1) is 18.1 Å². The molecular weight excluding hydrogens is 520 g/mol. The van der Waals surface area contributed by atoms with Crippen molar-refractivity contribution in [2.45, 2.75) is 138 Å². The summed E-state index contributed by atoms with van der Waals surface area (Å²) in [4.78, 5) is 59.5. The zero-order chi connectivity index (χ0) is 31.8. The lowest BCUT2D eigenvalue weighted by atomic mass is 9.84. The van der Waals surface area contributed by atoms with Crippen LogP contribution in [0.1, 0.15) is 120 Å². The smallest absolute Gasteiger partial charge is 0.289 e. The van der Waals surface area contributed by atoms with Crippen LogP contribution in [0.3, 0.4) is 0 Å². The van der Waals surface area contributed by atoms with Gasteiger partial charge < -0.3 is 20.7 Å². The Morgan fingerprint density at radius 3 is 1.95 bits per heavy atom. The van der Waals surface area contributed by atoms with Gasteiger partial charge >= 0.3 is 0 Å². The molecule has 0 bridgehead atoms. The second-order valence-corrected chi connectivity index (χ2v) is 11.9. The van der Waals surface area contributed by atoms with Crippen molar-refractivity contribution >= 4 is 30.3 Å². The first-order chi connectivity index (χ1) is 19.5. The van der Waals surface area contributed by atoms with Crippen molar-refractivity contribution in [1.29, 1.82) is 0 Å². The molecule has 0 aromatic carbocycles. The molecule has 0 radical (unpaired) electrons. The van der Waals surface area contributed by atoms with Crippen LogP contribution in [-0.2, 0) is 24.0 Å². The molecule has 0 aromatic heterocycles. The lowest BCUT2D eigenvalue weighted by Gasteiger charge is -2.25.